The van der Waals surface area contributed by atoms with Gasteiger partial charge in [-0.15, -0.1) is 0 Å². The van der Waals surface area contributed by atoms with E-state index < -0.39 is 14.6 Å². The number of sulfone groups is 1. The van der Waals surface area contributed by atoms with E-state index in [1.54, 1.807) is 0 Å². The highest BCUT2D eigenvalue weighted by atomic mass is 32.2. The molecule has 0 amide bonds. The smallest absolute Gasteiger partial charge is 0.159 e. The standard InChI is InChI=1S/C16H23NO3S/c1-16(8-2-3-10-21(16,18)19)12-20-15-6-4-5-13-11-17-9-7-14(13)15/h4-6,17H,2-3,7-12H2,1H3. The topological polar surface area (TPSA) is 55.4 Å². The summed E-state index contributed by atoms with van der Waals surface area (Å²) in [6, 6.07) is 6.05. The molecule has 0 radical (unpaired) electrons. The van der Waals surface area contributed by atoms with Gasteiger partial charge in [-0.2, -0.15) is 0 Å². The van der Waals surface area contributed by atoms with Crippen LogP contribution in [-0.4, -0.2) is 32.1 Å². The molecule has 2 aliphatic heterocycles. The van der Waals surface area contributed by atoms with Gasteiger partial charge in [-0.3, -0.25) is 0 Å². The van der Waals surface area contributed by atoms with Gasteiger partial charge in [0, 0.05) is 6.54 Å². The number of rotatable bonds is 3. The number of hydrogen-bond acceptors (Lipinski definition) is 4. The lowest BCUT2D eigenvalue weighted by Crippen LogP contribution is -2.45. The first kappa shape index (κ1) is 14.9. The fraction of sp³-hybridized carbons (Fsp3) is 0.625. The van der Waals surface area contributed by atoms with Crippen molar-refractivity contribution in [2.75, 3.05) is 18.9 Å². The highest BCUT2D eigenvalue weighted by molar-refractivity contribution is 7.92. The average Bonchev–Trinajstić information content (AvgIpc) is 2.48. The summed E-state index contributed by atoms with van der Waals surface area (Å²) in [5.74, 6) is 1.15. The molecular formula is C16H23NO3S. The van der Waals surface area contributed by atoms with Gasteiger partial charge in [0.15, 0.2) is 9.84 Å². The van der Waals surface area contributed by atoms with E-state index in [0.29, 0.717) is 12.2 Å². The number of benzene rings is 1. The Morgan fingerprint density at radius 1 is 1.33 bits per heavy atom. The van der Waals surface area contributed by atoms with Crippen LogP contribution in [0.1, 0.15) is 37.3 Å². The molecule has 0 bridgehead atoms. The molecule has 3 rings (SSSR count). The zero-order valence-electron chi connectivity index (χ0n) is 12.5. The minimum atomic E-state index is -3.05. The second-order valence-electron chi connectivity index (χ2n) is 6.34. The van der Waals surface area contributed by atoms with Gasteiger partial charge in [0.05, 0.1) is 5.75 Å². The molecule has 1 unspecified atom stereocenters. The summed E-state index contributed by atoms with van der Waals surface area (Å²) in [5, 5.41) is 3.34. The summed E-state index contributed by atoms with van der Waals surface area (Å²) in [7, 11) is -3.05. The van der Waals surface area contributed by atoms with Crippen molar-refractivity contribution in [2.45, 2.75) is 43.9 Å². The van der Waals surface area contributed by atoms with Crippen LogP contribution in [0, 0.1) is 0 Å². The van der Waals surface area contributed by atoms with Gasteiger partial charge >= 0.3 is 0 Å². The zero-order valence-corrected chi connectivity index (χ0v) is 13.3. The van der Waals surface area contributed by atoms with Crippen LogP contribution in [0.3, 0.4) is 0 Å². The Bertz CT molecular complexity index is 626. The predicted octanol–water partition coefficient (Wildman–Crippen LogP) is 2.07. The Morgan fingerprint density at radius 2 is 2.19 bits per heavy atom. The largest absolute Gasteiger partial charge is 0.492 e. The van der Waals surface area contributed by atoms with Crippen LogP contribution in [0.2, 0.25) is 0 Å². The molecule has 1 saturated heterocycles. The van der Waals surface area contributed by atoms with Crippen molar-refractivity contribution in [2.24, 2.45) is 0 Å². The maximum Gasteiger partial charge on any atom is 0.159 e. The predicted molar refractivity (Wildman–Crippen MR) is 83.4 cm³/mol. The van der Waals surface area contributed by atoms with E-state index in [1.807, 2.05) is 19.1 Å². The van der Waals surface area contributed by atoms with Gasteiger partial charge < -0.3 is 10.1 Å². The second-order valence-corrected chi connectivity index (χ2v) is 8.96. The molecule has 0 aliphatic carbocycles. The molecular weight excluding hydrogens is 286 g/mol. The SMILES string of the molecule is CC1(COc2cccc3c2CCNC3)CCCCS1(=O)=O. The number of hydrogen-bond donors (Lipinski definition) is 1. The van der Waals surface area contributed by atoms with Crippen molar-refractivity contribution in [3.8, 4) is 5.75 Å². The van der Waals surface area contributed by atoms with E-state index >= 15 is 0 Å². The second kappa shape index (κ2) is 5.61. The summed E-state index contributed by atoms with van der Waals surface area (Å²) < 4.78 is 29.9. The van der Waals surface area contributed by atoms with E-state index in [1.165, 1.54) is 11.1 Å². The molecule has 1 atom stereocenters. The van der Waals surface area contributed by atoms with E-state index in [9.17, 15) is 8.42 Å². The van der Waals surface area contributed by atoms with Crippen LogP contribution < -0.4 is 10.1 Å². The van der Waals surface area contributed by atoms with Crippen molar-refractivity contribution < 1.29 is 13.2 Å². The van der Waals surface area contributed by atoms with Crippen molar-refractivity contribution in [1.29, 1.82) is 0 Å². The molecule has 1 aromatic rings. The lowest BCUT2D eigenvalue weighted by atomic mass is 10.00. The summed E-state index contributed by atoms with van der Waals surface area (Å²) in [5.41, 5.74) is 2.49. The van der Waals surface area contributed by atoms with Crippen molar-refractivity contribution in [1.82, 2.24) is 5.32 Å². The Labute approximate surface area is 126 Å². The Morgan fingerprint density at radius 3 is 3.00 bits per heavy atom. The molecule has 4 nitrogen and oxygen atoms in total. The Hall–Kier alpha value is -1.07. The van der Waals surface area contributed by atoms with Crippen molar-refractivity contribution >= 4 is 9.84 Å². The summed E-state index contributed by atoms with van der Waals surface area (Å²) in [6.07, 6.45) is 3.39. The lowest BCUT2D eigenvalue weighted by Gasteiger charge is -2.33. The molecule has 2 aliphatic rings. The third-order valence-electron chi connectivity index (χ3n) is 4.75. The highest BCUT2D eigenvalue weighted by Crippen LogP contribution is 2.33. The highest BCUT2D eigenvalue weighted by Gasteiger charge is 2.42. The first-order valence-corrected chi connectivity index (χ1v) is 9.34. The van der Waals surface area contributed by atoms with Crippen LogP contribution in [0.5, 0.6) is 5.75 Å². The minimum absolute atomic E-state index is 0.263. The fourth-order valence-electron chi connectivity index (χ4n) is 3.22. The first-order chi connectivity index (χ1) is 10.0. The van der Waals surface area contributed by atoms with Crippen LogP contribution in [0.25, 0.3) is 0 Å². The van der Waals surface area contributed by atoms with Gasteiger partial charge in [-0.1, -0.05) is 18.6 Å². The maximum absolute atomic E-state index is 12.3. The fourth-order valence-corrected chi connectivity index (χ4v) is 4.99. The molecule has 1 fully saturated rings. The molecule has 0 aromatic heterocycles. The van der Waals surface area contributed by atoms with Crippen LogP contribution in [-0.2, 0) is 22.8 Å². The molecule has 2 heterocycles. The summed E-state index contributed by atoms with van der Waals surface area (Å²) >= 11 is 0. The average molecular weight is 309 g/mol. The monoisotopic (exact) mass is 309 g/mol. The van der Waals surface area contributed by atoms with Crippen LogP contribution in [0.4, 0.5) is 0 Å². The Kier molecular flexibility index (Phi) is 3.97. The molecule has 1 N–H and O–H groups in total. The summed E-state index contributed by atoms with van der Waals surface area (Å²) in [6.45, 7) is 3.91. The molecule has 116 valence electrons. The lowest BCUT2D eigenvalue weighted by molar-refractivity contribution is 0.254. The zero-order chi connectivity index (χ0) is 14.9. The van der Waals surface area contributed by atoms with Gasteiger partial charge in [-0.25, -0.2) is 8.42 Å². The number of nitrogens with one attached hydrogen (secondary N) is 1. The third kappa shape index (κ3) is 2.81. The molecule has 0 saturated carbocycles. The maximum atomic E-state index is 12.3. The van der Waals surface area contributed by atoms with E-state index in [4.69, 9.17) is 4.74 Å². The molecule has 0 spiro atoms. The first-order valence-electron chi connectivity index (χ1n) is 7.68. The van der Waals surface area contributed by atoms with Gasteiger partial charge in [0.25, 0.3) is 0 Å². The van der Waals surface area contributed by atoms with Gasteiger partial charge in [-0.05, 0) is 49.9 Å². The number of ether oxygens (including phenoxy) is 1. The molecule has 21 heavy (non-hydrogen) atoms. The van der Waals surface area contributed by atoms with Gasteiger partial charge in [0.1, 0.15) is 17.1 Å². The van der Waals surface area contributed by atoms with E-state index in [0.717, 1.165) is 38.1 Å². The quantitative estimate of drug-likeness (QED) is 0.928. The van der Waals surface area contributed by atoms with Crippen LogP contribution in [0.15, 0.2) is 18.2 Å². The molecule has 1 aromatic carbocycles. The van der Waals surface area contributed by atoms with Gasteiger partial charge in [0.2, 0.25) is 0 Å². The number of fused-ring (bicyclic) bond motifs is 1. The normalized spacial score (nSPS) is 27.9. The van der Waals surface area contributed by atoms with Crippen molar-refractivity contribution in [3.63, 3.8) is 0 Å². The van der Waals surface area contributed by atoms with E-state index in [-0.39, 0.29) is 6.61 Å². The van der Waals surface area contributed by atoms with Crippen molar-refractivity contribution in [3.05, 3.63) is 29.3 Å². The Balaban J connectivity index is 1.79. The van der Waals surface area contributed by atoms with Crippen LogP contribution >= 0.6 is 0 Å². The molecule has 5 heteroatoms. The van der Waals surface area contributed by atoms with E-state index in [2.05, 4.69) is 11.4 Å². The third-order valence-corrected chi connectivity index (χ3v) is 7.40. The summed E-state index contributed by atoms with van der Waals surface area (Å²) in [4.78, 5) is 0. The minimum Gasteiger partial charge on any atom is -0.492 e.